The van der Waals surface area contributed by atoms with Crippen molar-refractivity contribution in [2.75, 3.05) is 26.2 Å². The third-order valence-electron chi connectivity index (χ3n) is 4.69. The lowest BCUT2D eigenvalue weighted by Crippen LogP contribution is -2.39. The van der Waals surface area contributed by atoms with Crippen LogP contribution >= 0.6 is 0 Å². The molecule has 1 fully saturated rings. The van der Waals surface area contributed by atoms with Crippen molar-refractivity contribution in [2.24, 2.45) is 0 Å². The summed E-state index contributed by atoms with van der Waals surface area (Å²) in [6.45, 7) is 9.28. The Hall–Kier alpha value is -2.15. The van der Waals surface area contributed by atoms with Crippen molar-refractivity contribution in [3.8, 4) is 0 Å². The Balaban J connectivity index is 1.58. The number of hydrogen-bond donors (Lipinski definition) is 0. The number of carbonyl (C=O) groups is 1. The van der Waals surface area contributed by atoms with Crippen molar-refractivity contribution in [3.05, 3.63) is 36.7 Å². The number of aromatic nitrogens is 4. The Morgan fingerprint density at radius 1 is 1.21 bits per heavy atom. The fourth-order valence-electron chi connectivity index (χ4n) is 3.22. The monoisotopic (exact) mass is 330 g/mol. The molecule has 1 atom stereocenters. The molecule has 0 spiro atoms. The van der Waals surface area contributed by atoms with Gasteiger partial charge >= 0.3 is 0 Å². The van der Waals surface area contributed by atoms with Crippen LogP contribution in [0.5, 0.6) is 0 Å². The van der Waals surface area contributed by atoms with Gasteiger partial charge in [-0.2, -0.15) is 5.10 Å². The number of aryl methyl sites for hydroxylation is 1. The standard InChI is InChI=1S/C17H26N6O/c1-3-21-11-7-18-16(21)14-20-8-5-9-22(13-12-20)17(24)15(2)23-10-4-6-19-23/h4,6-7,10-11,15H,3,5,8-9,12-14H2,1-2H3/t15-/m1/s1. The molecule has 7 heteroatoms. The molecule has 0 unspecified atom stereocenters. The predicted molar refractivity (Wildman–Crippen MR) is 91.3 cm³/mol. The highest BCUT2D eigenvalue weighted by molar-refractivity contribution is 5.80. The molecule has 3 heterocycles. The summed E-state index contributed by atoms with van der Waals surface area (Å²) in [5.41, 5.74) is 0. The number of nitrogens with zero attached hydrogens (tertiary/aromatic N) is 6. The first-order valence-electron chi connectivity index (χ1n) is 8.69. The number of carbonyl (C=O) groups excluding carboxylic acids is 1. The number of imidazole rings is 1. The second kappa shape index (κ2) is 7.61. The molecular weight excluding hydrogens is 304 g/mol. The van der Waals surface area contributed by atoms with E-state index in [0.717, 1.165) is 51.5 Å². The lowest BCUT2D eigenvalue weighted by molar-refractivity contribution is -0.134. The van der Waals surface area contributed by atoms with Gasteiger partial charge in [0.05, 0.1) is 6.54 Å². The molecule has 0 bridgehead atoms. The highest BCUT2D eigenvalue weighted by atomic mass is 16.2. The Labute approximate surface area is 142 Å². The zero-order valence-corrected chi connectivity index (χ0v) is 14.5. The van der Waals surface area contributed by atoms with Crippen molar-refractivity contribution in [1.82, 2.24) is 29.1 Å². The third kappa shape index (κ3) is 3.67. The van der Waals surface area contributed by atoms with E-state index in [1.54, 1.807) is 10.9 Å². The second-order valence-electron chi connectivity index (χ2n) is 6.25. The Kier molecular flexibility index (Phi) is 5.30. The van der Waals surface area contributed by atoms with Crippen LogP contribution in [-0.4, -0.2) is 61.2 Å². The minimum absolute atomic E-state index is 0.149. The van der Waals surface area contributed by atoms with Crippen LogP contribution in [0.4, 0.5) is 0 Å². The van der Waals surface area contributed by atoms with Crippen molar-refractivity contribution < 1.29 is 4.79 Å². The van der Waals surface area contributed by atoms with Gasteiger partial charge in [-0.15, -0.1) is 0 Å². The van der Waals surface area contributed by atoms with Gasteiger partial charge in [-0.05, 0) is 26.3 Å². The first-order chi connectivity index (χ1) is 11.7. The minimum atomic E-state index is -0.245. The largest absolute Gasteiger partial charge is 0.340 e. The summed E-state index contributed by atoms with van der Waals surface area (Å²) in [5, 5.41) is 4.19. The van der Waals surface area contributed by atoms with Crippen molar-refractivity contribution in [1.29, 1.82) is 0 Å². The zero-order valence-electron chi connectivity index (χ0n) is 14.5. The zero-order chi connectivity index (χ0) is 16.9. The maximum absolute atomic E-state index is 12.7. The molecule has 0 aliphatic carbocycles. The van der Waals surface area contributed by atoms with Gasteiger partial charge in [0.1, 0.15) is 11.9 Å². The fourth-order valence-corrected chi connectivity index (χ4v) is 3.22. The van der Waals surface area contributed by atoms with Crippen LogP contribution in [0.2, 0.25) is 0 Å². The topological polar surface area (TPSA) is 59.2 Å². The summed E-state index contributed by atoms with van der Waals surface area (Å²) >= 11 is 0. The van der Waals surface area contributed by atoms with Crippen molar-refractivity contribution in [2.45, 2.75) is 39.4 Å². The Bertz CT molecular complexity index is 650. The van der Waals surface area contributed by atoms with Crippen molar-refractivity contribution >= 4 is 5.91 Å². The molecular formula is C17H26N6O. The molecule has 1 saturated heterocycles. The molecule has 1 aliphatic rings. The SMILES string of the molecule is CCn1ccnc1CN1CCCN(C(=O)[C@@H](C)n2cccn2)CC1. The molecule has 0 saturated carbocycles. The average molecular weight is 330 g/mol. The summed E-state index contributed by atoms with van der Waals surface area (Å²) in [6.07, 6.45) is 8.43. The maximum atomic E-state index is 12.7. The van der Waals surface area contributed by atoms with Gasteiger partial charge in [-0.1, -0.05) is 0 Å². The van der Waals surface area contributed by atoms with Crippen LogP contribution < -0.4 is 0 Å². The highest BCUT2D eigenvalue weighted by Gasteiger charge is 2.24. The Morgan fingerprint density at radius 2 is 2.08 bits per heavy atom. The second-order valence-corrected chi connectivity index (χ2v) is 6.25. The molecule has 0 N–H and O–H groups in total. The smallest absolute Gasteiger partial charge is 0.247 e. The quantitative estimate of drug-likeness (QED) is 0.831. The lowest BCUT2D eigenvalue weighted by atomic mass is 10.2. The van der Waals surface area contributed by atoms with E-state index in [4.69, 9.17) is 0 Å². The van der Waals surface area contributed by atoms with Crippen LogP contribution in [0.3, 0.4) is 0 Å². The van der Waals surface area contributed by atoms with Gasteiger partial charge < -0.3 is 9.47 Å². The Morgan fingerprint density at radius 3 is 2.83 bits per heavy atom. The molecule has 0 radical (unpaired) electrons. The molecule has 2 aromatic rings. The van der Waals surface area contributed by atoms with E-state index < -0.39 is 0 Å². The predicted octanol–water partition coefficient (Wildman–Crippen LogP) is 1.39. The molecule has 3 rings (SSSR count). The first-order valence-corrected chi connectivity index (χ1v) is 8.69. The van der Waals surface area contributed by atoms with E-state index in [1.807, 2.05) is 36.5 Å². The van der Waals surface area contributed by atoms with Gasteiger partial charge in [0.25, 0.3) is 0 Å². The van der Waals surface area contributed by atoms with Gasteiger partial charge in [0, 0.05) is 57.5 Å². The number of amides is 1. The summed E-state index contributed by atoms with van der Waals surface area (Å²) < 4.78 is 3.90. The first kappa shape index (κ1) is 16.7. The van der Waals surface area contributed by atoms with Gasteiger partial charge in [0.2, 0.25) is 5.91 Å². The van der Waals surface area contributed by atoms with E-state index in [0.29, 0.717) is 0 Å². The molecule has 130 valence electrons. The third-order valence-corrected chi connectivity index (χ3v) is 4.69. The molecule has 1 aliphatic heterocycles. The van der Waals surface area contributed by atoms with Gasteiger partial charge in [-0.25, -0.2) is 4.98 Å². The summed E-state index contributed by atoms with van der Waals surface area (Å²) in [7, 11) is 0. The van der Waals surface area contributed by atoms with Gasteiger partial charge in [0.15, 0.2) is 0 Å². The molecule has 2 aromatic heterocycles. The summed E-state index contributed by atoms with van der Waals surface area (Å²) in [5.74, 6) is 1.25. The maximum Gasteiger partial charge on any atom is 0.247 e. The van der Waals surface area contributed by atoms with Crippen molar-refractivity contribution in [3.63, 3.8) is 0 Å². The molecule has 1 amide bonds. The number of hydrogen-bond acceptors (Lipinski definition) is 4. The van der Waals surface area contributed by atoms with E-state index in [2.05, 4.69) is 26.5 Å². The molecule has 24 heavy (non-hydrogen) atoms. The van der Waals surface area contributed by atoms with E-state index in [1.165, 1.54) is 0 Å². The van der Waals surface area contributed by atoms with E-state index >= 15 is 0 Å². The van der Waals surface area contributed by atoms with E-state index in [-0.39, 0.29) is 11.9 Å². The highest BCUT2D eigenvalue weighted by Crippen LogP contribution is 2.13. The van der Waals surface area contributed by atoms with Crippen LogP contribution in [0.15, 0.2) is 30.9 Å². The van der Waals surface area contributed by atoms with Gasteiger partial charge in [-0.3, -0.25) is 14.4 Å². The lowest BCUT2D eigenvalue weighted by Gasteiger charge is -2.25. The van der Waals surface area contributed by atoms with Crippen LogP contribution in [0, 0.1) is 0 Å². The average Bonchev–Trinajstić information content (AvgIpc) is 3.22. The normalized spacial score (nSPS) is 17.7. The van der Waals surface area contributed by atoms with E-state index in [9.17, 15) is 4.79 Å². The molecule has 0 aromatic carbocycles. The van der Waals surface area contributed by atoms with Crippen LogP contribution in [0.1, 0.15) is 32.1 Å². The molecule has 7 nitrogen and oxygen atoms in total. The summed E-state index contributed by atoms with van der Waals surface area (Å²) in [6, 6.07) is 1.61. The summed E-state index contributed by atoms with van der Waals surface area (Å²) in [4.78, 5) is 21.5. The minimum Gasteiger partial charge on any atom is -0.340 e. The van der Waals surface area contributed by atoms with Crippen LogP contribution in [-0.2, 0) is 17.9 Å². The fraction of sp³-hybridized carbons (Fsp3) is 0.588. The number of rotatable bonds is 5. The van der Waals surface area contributed by atoms with Crippen LogP contribution in [0.25, 0.3) is 0 Å².